The second-order valence-corrected chi connectivity index (χ2v) is 8.26. The van der Waals surface area contributed by atoms with Gasteiger partial charge in [0.25, 0.3) is 0 Å². The maximum atomic E-state index is 12.4. The molecule has 2 aliphatic rings. The highest BCUT2D eigenvalue weighted by molar-refractivity contribution is 9.10. The van der Waals surface area contributed by atoms with E-state index in [2.05, 4.69) is 15.9 Å². The molecule has 1 amide bonds. The average molecular weight is 398 g/mol. The number of rotatable bonds is 6. The normalized spacial score (nSPS) is 24.0. The van der Waals surface area contributed by atoms with Crippen LogP contribution in [-0.4, -0.2) is 40.7 Å². The number of benzene rings is 1. The Kier molecular flexibility index (Phi) is 5.31. The van der Waals surface area contributed by atoms with E-state index in [4.69, 9.17) is 0 Å². The molecule has 0 bridgehead atoms. The monoisotopic (exact) mass is 397 g/mol. The first-order valence-electron chi connectivity index (χ1n) is 7.94. The van der Waals surface area contributed by atoms with Crippen LogP contribution in [-0.2, 0) is 9.59 Å². The third-order valence-corrected chi connectivity index (χ3v) is 6.70. The van der Waals surface area contributed by atoms with E-state index in [1.165, 1.54) is 0 Å². The third kappa shape index (κ3) is 4.10. The van der Waals surface area contributed by atoms with Crippen LogP contribution in [0.4, 0.5) is 0 Å². The SMILES string of the molecule is O=C(O)[C@H]1CN(C(=O)CCSc2ccccc2Br)C[C@@H]1C1CC1. The number of carboxylic acids is 1. The first-order chi connectivity index (χ1) is 11.1. The van der Waals surface area contributed by atoms with Gasteiger partial charge in [0.2, 0.25) is 5.91 Å². The summed E-state index contributed by atoms with van der Waals surface area (Å²) in [5, 5.41) is 9.37. The molecule has 1 heterocycles. The molecule has 1 saturated heterocycles. The zero-order chi connectivity index (χ0) is 16.4. The maximum Gasteiger partial charge on any atom is 0.308 e. The summed E-state index contributed by atoms with van der Waals surface area (Å²) in [6.45, 7) is 1.01. The van der Waals surface area contributed by atoms with Crippen molar-refractivity contribution in [2.45, 2.75) is 24.2 Å². The molecule has 23 heavy (non-hydrogen) atoms. The first-order valence-corrected chi connectivity index (χ1v) is 9.72. The molecule has 0 radical (unpaired) electrons. The Morgan fingerprint density at radius 3 is 2.65 bits per heavy atom. The zero-order valence-corrected chi connectivity index (χ0v) is 15.2. The van der Waals surface area contributed by atoms with E-state index >= 15 is 0 Å². The van der Waals surface area contributed by atoms with E-state index in [9.17, 15) is 14.7 Å². The minimum Gasteiger partial charge on any atom is -0.481 e. The second kappa shape index (κ2) is 7.26. The molecule has 1 aromatic rings. The standard InChI is InChI=1S/C17H20BrNO3S/c18-14-3-1-2-4-15(14)23-8-7-16(20)19-9-12(11-5-6-11)13(10-19)17(21)22/h1-4,11-13H,5-10H2,(H,21,22)/t12-,13+/m1/s1. The van der Waals surface area contributed by atoms with E-state index in [0.717, 1.165) is 22.2 Å². The summed E-state index contributed by atoms with van der Waals surface area (Å²) in [5.74, 6) is 0.348. The molecule has 6 heteroatoms. The molecular formula is C17H20BrNO3S. The van der Waals surface area contributed by atoms with Gasteiger partial charge in [0, 0.05) is 34.6 Å². The first kappa shape index (κ1) is 16.8. The molecule has 124 valence electrons. The molecule has 1 N–H and O–H groups in total. The average Bonchev–Trinajstić information content (AvgIpc) is 3.27. The fraction of sp³-hybridized carbons (Fsp3) is 0.529. The Hall–Kier alpha value is -1.01. The molecule has 1 aromatic carbocycles. The predicted molar refractivity (Wildman–Crippen MR) is 93.4 cm³/mol. The van der Waals surface area contributed by atoms with Gasteiger partial charge in [0.1, 0.15) is 0 Å². The van der Waals surface area contributed by atoms with Gasteiger partial charge in [-0.05, 0) is 52.7 Å². The number of aliphatic carboxylic acids is 1. The van der Waals surface area contributed by atoms with Gasteiger partial charge in [-0.15, -0.1) is 11.8 Å². The Balaban J connectivity index is 1.50. The topological polar surface area (TPSA) is 57.6 Å². The molecule has 1 aliphatic heterocycles. The summed E-state index contributed by atoms with van der Waals surface area (Å²) in [5.41, 5.74) is 0. The molecule has 0 unspecified atom stereocenters. The van der Waals surface area contributed by atoms with Crippen molar-refractivity contribution in [3.8, 4) is 0 Å². The van der Waals surface area contributed by atoms with Crippen LogP contribution in [0.5, 0.6) is 0 Å². The van der Waals surface area contributed by atoms with Gasteiger partial charge < -0.3 is 10.0 Å². The van der Waals surface area contributed by atoms with Gasteiger partial charge in [-0.3, -0.25) is 9.59 Å². The van der Waals surface area contributed by atoms with Gasteiger partial charge in [-0.1, -0.05) is 12.1 Å². The predicted octanol–water partition coefficient (Wildman–Crippen LogP) is 3.50. The molecule has 0 spiro atoms. The number of nitrogens with zero attached hydrogens (tertiary/aromatic N) is 1. The summed E-state index contributed by atoms with van der Waals surface area (Å²) >= 11 is 5.15. The molecule has 3 rings (SSSR count). The quantitative estimate of drug-likeness (QED) is 0.746. The summed E-state index contributed by atoms with van der Waals surface area (Å²) in [7, 11) is 0. The van der Waals surface area contributed by atoms with Crippen LogP contribution < -0.4 is 0 Å². The molecule has 1 aliphatic carbocycles. The van der Waals surface area contributed by atoms with Crippen molar-refractivity contribution in [2.75, 3.05) is 18.8 Å². The van der Waals surface area contributed by atoms with Crippen molar-refractivity contribution in [3.63, 3.8) is 0 Å². The third-order valence-electron chi connectivity index (χ3n) is 4.67. The highest BCUT2D eigenvalue weighted by Gasteiger charge is 2.46. The smallest absolute Gasteiger partial charge is 0.308 e. The number of hydrogen-bond acceptors (Lipinski definition) is 3. The molecule has 1 saturated carbocycles. The van der Waals surface area contributed by atoms with Crippen molar-refractivity contribution < 1.29 is 14.7 Å². The Morgan fingerprint density at radius 1 is 1.26 bits per heavy atom. The number of amides is 1. The van der Waals surface area contributed by atoms with Crippen molar-refractivity contribution in [1.29, 1.82) is 0 Å². The van der Waals surface area contributed by atoms with Crippen LogP contribution in [0.3, 0.4) is 0 Å². The molecule has 2 fully saturated rings. The lowest BCUT2D eigenvalue weighted by Crippen LogP contribution is -2.30. The molecule has 2 atom stereocenters. The van der Waals surface area contributed by atoms with Gasteiger partial charge in [0.05, 0.1) is 5.92 Å². The van der Waals surface area contributed by atoms with Crippen LogP contribution in [0.2, 0.25) is 0 Å². The minimum atomic E-state index is -0.750. The van der Waals surface area contributed by atoms with Crippen molar-refractivity contribution in [3.05, 3.63) is 28.7 Å². The lowest BCUT2D eigenvalue weighted by molar-refractivity contribution is -0.142. The van der Waals surface area contributed by atoms with Crippen LogP contribution in [0.25, 0.3) is 0 Å². The Labute approximate surface area is 148 Å². The summed E-state index contributed by atoms with van der Waals surface area (Å²) in [6, 6.07) is 7.96. The van der Waals surface area contributed by atoms with Crippen LogP contribution >= 0.6 is 27.7 Å². The molecule has 0 aromatic heterocycles. The zero-order valence-electron chi connectivity index (χ0n) is 12.8. The highest BCUT2D eigenvalue weighted by Crippen LogP contribution is 2.44. The number of carbonyl (C=O) groups excluding carboxylic acids is 1. The molecule has 4 nitrogen and oxygen atoms in total. The Morgan fingerprint density at radius 2 is 2.00 bits per heavy atom. The van der Waals surface area contributed by atoms with Crippen LogP contribution in [0.1, 0.15) is 19.3 Å². The number of halogens is 1. The van der Waals surface area contributed by atoms with Crippen molar-refractivity contribution in [2.24, 2.45) is 17.8 Å². The van der Waals surface area contributed by atoms with Gasteiger partial charge >= 0.3 is 5.97 Å². The van der Waals surface area contributed by atoms with Gasteiger partial charge in [0.15, 0.2) is 0 Å². The fourth-order valence-electron chi connectivity index (χ4n) is 3.26. The van der Waals surface area contributed by atoms with Gasteiger partial charge in [-0.2, -0.15) is 0 Å². The van der Waals surface area contributed by atoms with Crippen LogP contribution in [0, 0.1) is 17.8 Å². The van der Waals surface area contributed by atoms with E-state index in [1.54, 1.807) is 16.7 Å². The largest absolute Gasteiger partial charge is 0.481 e. The van der Waals surface area contributed by atoms with Crippen molar-refractivity contribution in [1.82, 2.24) is 4.90 Å². The number of carboxylic acid groups (broad SMARTS) is 1. The summed E-state index contributed by atoms with van der Waals surface area (Å²) in [6.07, 6.45) is 2.69. The summed E-state index contributed by atoms with van der Waals surface area (Å²) < 4.78 is 1.04. The lowest BCUT2D eigenvalue weighted by Gasteiger charge is -2.16. The number of likely N-dealkylation sites (tertiary alicyclic amines) is 1. The number of carbonyl (C=O) groups is 2. The van der Waals surface area contributed by atoms with E-state index in [0.29, 0.717) is 31.2 Å². The van der Waals surface area contributed by atoms with E-state index in [-0.39, 0.29) is 17.7 Å². The minimum absolute atomic E-state index is 0.0824. The van der Waals surface area contributed by atoms with E-state index in [1.807, 2.05) is 24.3 Å². The van der Waals surface area contributed by atoms with Gasteiger partial charge in [-0.25, -0.2) is 0 Å². The maximum absolute atomic E-state index is 12.4. The number of hydrogen-bond donors (Lipinski definition) is 1. The highest BCUT2D eigenvalue weighted by atomic mass is 79.9. The summed E-state index contributed by atoms with van der Waals surface area (Å²) in [4.78, 5) is 26.7. The Bertz CT molecular complexity index is 605. The number of thioether (sulfide) groups is 1. The van der Waals surface area contributed by atoms with Crippen molar-refractivity contribution >= 4 is 39.6 Å². The molecular weight excluding hydrogens is 378 g/mol. The lowest BCUT2D eigenvalue weighted by atomic mass is 9.92. The van der Waals surface area contributed by atoms with Crippen LogP contribution in [0.15, 0.2) is 33.6 Å². The fourth-order valence-corrected chi connectivity index (χ4v) is 4.77. The second-order valence-electron chi connectivity index (χ2n) is 6.27. The van der Waals surface area contributed by atoms with E-state index < -0.39 is 5.97 Å².